The van der Waals surface area contributed by atoms with Gasteiger partial charge in [0.1, 0.15) is 0 Å². The molecule has 0 radical (unpaired) electrons. The third kappa shape index (κ3) is 4.96. The molecule has 1 aliphatic rings. The highest BCUT2D eigenvalue weighted by atomic mass is 32.1. The average Bonchev–Trinajstić information content (AvgIpc) is 3.18. The number of fused-ring (bicyclic) bond motifs is 1. The lowest BCUT2D eigenvalue weighted by molar-refractivity contribution is -0.134. The predicted molar refractivity (Wildman–Crippen MR) is 125 cm³/mol. The minimum absolute atomic E-state index is 0.0414. The minimum atomic E-state index is -0.0414. The summed E-state index contributed by atoms with van der Waals surface area (Å²) in [6.45, 7) is 0.810. The van der Waals surface area contributed by atoms with Gasteiger partial charge in [0.15, 0.2) is 0 Å². The number of hydrogen-bond acceptors (Lipinski definition) is 4. The number of thiophene rings is 1. The Bertz CT molecular complexity index is 1050. The van der Waals surface area contributed by atoms with Crippen molar-refractivity contribution in [2.75, 3.05) is 13.6 Å². The average molecular weight is 436 g/mol. The van der Waals surface area contributed by atoms with Crippen LogP contribution in [0.15, 0.2) is 48.7 Å². The number of nitrogens with one attached hydrogen (secondary N) is 1. The van der Waals surface area contributed by atoms with Crippen LogP contribution in [0.4, 0.5) is 0 Å². The molecule has 3 aromatic rings. The Morgan fingerprint density at radius 3 is 2.81 bits per heavy atom. The molecular formula is C25H29N3O2S. The summed E-state index contributed by atoms with van der Waals surface area (Å²) in [4.78, 5) is 32.8. The summed E-state index contributed by atoms with van der Waals surface area (Å²) in [5.41, 5.74) is 2.11. The minimum Gasteiger partial charge on any atom is -0.354 e. The second-order valence-electron chi connectivity index (χ2n) is 8.10. The highest BCUT2D eigenvalue weighted by Crippen LogP contribution is 2.34. The monoisotopic (exact) mass is 435 g/mol. The van der Waals surface area contributed by atoms with Gasteiger partial charge in [-0.2, -0.15) is 0 Å². The Morgan fingerprint density at radius 2 is 2.00 bits per heavy atom. The first-order valence-electron chi connectivity index (χ1n) is 11.1. The van der Waals surface area contributed by atoms with E-state index in [2.05, 4.69) is 27.3 Å². The number of benzene rings is 1. The largest absolute Gasteiger partial charge is 0.354 e. The maximum absolute atomic E-state index is 13.1. The van der Waals surface area contributed by atoms with Gasteiger partial charge in [0.25, 0.3) is 5.91 Å². The number of amides is 2. The van der Waals surface area contributed by atoms with Crippen LogP contribution in [0.2, 0.25) is 0 Å². The van der Waals surface area contributed by atoms with Gasteiger partial charge in [-0.25, -0.2) is 0 Å². The van der Waals surface area contributed by atoms with Crippen LogP contribution in [0.25, 0.3) is 10.1 Å². The normalized spacial score (nSPS) is 16.4. The molecule has 0 aliphatic carbocycles. The topological polar surface area (TPSA) is 62.3 Å². The molecule has 162 valence electrons. The van der Waals surface area contributed by atoms with Crippen molar-refractivity contribution in [2.45, 2.75) is 51.0 Å². The quantitative estimate of drug-likeness (QED) is 0.590. The number of nitrogens with zero attached hydrogens (tertiary/aromatic N) is 2. The zero-order chi connectivity index (χ0) is 21.6. The Balaban J connectivity index is 1.49. The van der Waals surface area contributed by atoms with Crippen molar-refractivity contribution >= 4 is 33.2 Å². The summed E-state index contributed by atoms with van der Waals surface area (Å²) in [6, 6.07) is 14.2. The summed E-state index contributed by atoms with van der Waals surface area (Å²) in [7, 11) is 1.68. The van der Waals surface area contributed by atoms with Gasteiger partial charge in [-0.05, 0) is 67.7 Å². The Hall–Kier alpha value is -2.73. The van der Waals surface area contributed by atoms with Crippen molar-refractivity contribution in [3.63, 3.8) is 0 Å². The van der Waals surface area contributed by atoms with Crippen LogP contribution in [0.1, 0.15) is 53.0 Å². The number of hydrogen-bond donors (Lipinski definition) is 1. The van der Waals surface area contributed by atoms with Crippen molar-refractivity contribution in [3.8, 4) is 0 Å². The van der Waals surface area contributed by atoms with E-state index in [1.165, 1.54) is 0 Å². The number of likely N-dealkylation sites (tertiary alicyclic amines) is 1. The van der Waals surface area contributed by atoms with Crippen molar-refractivity contribution in [1.82, 2.24) is 15.2 Å². The fourth-order valence-electron chi connectivity index (χ4n) is 4.49. The lowest BCUT2D eigenvalue weighted by atomic mass is 9.93. The summed E-state index contributed by atoms with van der Waals surface area (Å²) in [6.07, 6.45) is 7.87. The van der Waals surface area contributed by atoms with E-state index in [0.29, 0.717) is 6.42 Å². The van der Waals surface area contributed by atoms with Gasteiger partial charge >= 0.3 is 0 Å². The third-order valence-electron chi connectivity index (χ3n) is 6.07. The number of rotatable bonds is 7. The van der Waals surface area contributed by atoms with Gasteiger partial charge < -0.3 is 10.2 Å². The molecule has 1 atom stereocenters. The summed E-state index contributed by atoms with van der Waals surface area (Å²) in [5, 5.41) is 3.92. The first kappa shape index (κ1) is 21.5. The molecule has 1 saturated heterocycles. The molecule has 1 N–H and O–H groups in total. The van der Waals surface area contributed by atoms with E-state index < -0.39 is 0 Å². The molecule has 3 heterocycles. The fourth-order valence-corrected chi connectivity index (χ4v) is 5.66. The number of aryl methyl sites for hydroxylation is 1. The maximum Gasteiger partial charge on any atom is 0.261 e. The molecule has 0 saturated carbocycles. The van der Waals surface area contributed by atoms with Crippen LogP contribution in [0.5, 0.6) is 0 Å². The maximum atomic E-state index is 13.1. The highest BCUT2D eigenvalue weighted by Gasteiger charge is 2.29. The van der Waals surface area contributed by atoms with Crippen molar-refractivity contribution in [2.24, 2.45) is 0 Å². The third-order valence-corrected chi connectivity index (χ3v) is 7.28. The Morgan fingerprint density at radius 1 is 1.16 bits per heavy atom. The van der Waals surface area contributed by atoms with Crippen molar-refractivity contribution in [3.05, 3.63) is 64.8 Å². The van der Waals surface area contributed by atoms with Gasteiger partial charge in [0, 0.05) is 42.6 Å². The van der Waals surface area contributed by atoms with Crippen molar-refractivity contribution in [1.29, 1.82) is 0 Å². The Kier molecular flexibility index (Phi) is 6.97. The molecule has 1 unspecified atom stereocenters. The summed E-state index contributed by atoms with van der Waals surface area (Å²) in [5.74, 6) is 0.182. The van der Waals surface area contributed by atoms with Crippen molar-refractivity contribution < 1.29 is 9.59 Å². The zero-order valence-electron chi connectivity index (χ0n) is 18.0. The van der Waals surface area contributed by atoms with Gasteiger partial charge in [-0.3, -0.25) is 14.6 Å². The van der Waals surface area contributed by atoms with Crippen LogP contribution in [-0.2, 0) is 17.6 Å². The van der Waals surface area contributed by atoms with Crippen LogP contribution < -0.4 is 5.32 Å². The van der Waals surface area contributed by atoms with Gasteiger partial charge in [0.2, 0.25) is 5.91 Å². The SMILES string of the molecule is CNC(=O)c1sc2ccccc2c1CC1CCCCN1C(=O)CCCc1ccccn1. The fraction of sp³-hybridized carbons (Fsp3) is 0.400. The van der Waals surface area contributed by atoms with E-state index in [-0.39, 0.29) is 17.9 Å². The number of pyridine rings is 1. The number of piperidine rings is 1. The molecule has 1 fully saturated rings. The molecule has 6 heteroatoms. The molecule has 4 rings (SSSR count). The van der Waals surface area contributed by atoms with E-state index in [1.54, 1.807) is 24.6 Å². The van der Waals surface area contributed by atoms with Gasteiger partial charge in [0.05, 0.1) is 4.88 Å². The van der Waals surface area contributed by atoms with E-state index >= 15 is 0 Å². The molecule has 5 nitrogen and oxygen atoms in total. The van der Waals surface area contributed by atoms with E-state index in [4.69, 9.17) is 0 Å². The highest BCUT2D eigenvalue weighted by molar-refractivity contribution is 7.21. The molecule has 2 aromatic heterocycles. The van der Waals surface area contributed by atoms with Gasteiger partial charge in [-0.1, -0.05) is 24.3 Å². The molecule has 1 aliphatic heterocycles. The molecule has 2 amide bonds. The van der Waals surface area contributed by atoms with Crippen LogP contribution in [0.3, 0.4) is 0 Å². The zero-order valence-corrected chi connectivity index (χ0v) is 18.8. The Labute approximate surface area is 187 Å². The lowest BCUT2D eigenvalue weighted by Gasteiger charge is -2.36. The number of carbonyl (C=O) groups excluding carboxylic acids is 2. The molecule has 31 heavy (non-hydrogen) atoms. The molecular weight excluding hydrogens is 406 g/mol. The first-order valence-corrected chi connectivity index (χ1v) is 11.9. The lowest BCUT2D eigenvalue weighted by Crippen LogP contribution is -2.45. The van der Waals surface area contributed by atoms with E-state index in [1.807, 2.05) is 30.3 Å². The van der Waals surface area contributed by atoms with E-state index in [0.717, 1.165) is 71.3 Å². The van der Waals surface area contributed by atoms with Crippen LogP contribution in [-0.4, -0.2) is 41.3 Å². The first-order chi connectivity index (χ1) is 15.2. The van der Waals surface area contributed by atoms with E-state index in [9.17, 15) is 9.59 Å². The number of aromatic nitrogens is 1. The molecule has 0 spiro atoms. The second kappa shape index (κ2) is 10.1. The van der Waals surface area contributed by atoms with Crippen LogP contribution in [0, 0.1) is 0 Å². The molecule has 0 bridgehead atoms. The van der Waals surface area contributed by atoms with Gasteiger partial charge in [-0.15, -0.1) is 11.3 Å². The number of carbonyl (C=O) groups is 2. The smallest absolute Gasteiger partial charge is 0.261 e. The predicted octanol–water partition coefficient (Wildman–Crippen LogP) is 4.60. The summed E-state index contributed by atoms with van der Waals surface area (Å²) >= 11 is 1.54. The van der Waals surface area contributed by atoms with Crippen LogP contribution >= 0.6 is 11.3 Å². The summed E-state index contributed by atoms with van der Waals surface area (Å²) < 4.78 is 1.13. The standard InChI is InChI=1S/C25H29N3O2S/c1-26-25(30)24-21(20-12-2-3-13-22(20)31-24)17-19-11-5-7-16-28(19)23(29)14-8-10-18-9-4-6-15-27-18/h2-4,6,9,12-13,15,19H,5,7-8,10-11,14,16-17H2,1H3,(H,26,30). The molecule has 1 aromatic carbocycles. The second-order valence-corrected chi connectivity index (χ2v) is 9.15.